The van der Waals surface area contributed by atoms with E-state index in [1.807, 2.05) is 22.9 Å². The van der Waals surface area contributed by atoms with Gasteiger partial charge in [-0.2, -0.15) is 5.10 Å². The molecule has 0 aliphatic carbocycles. The molecule has 2 heterocycles. The van der Waals surface area contributed by atoms with Gasteiger partial charge < -0.3 is 10.5 Å². The van der Waals surface area contributed by atoms with Crippen LogP contribution in [0.1, 0.15) is 24.0 Å². The normalized spacial score (nSPS) is 14.5. The molecule has 20 heavy (non-hydrogen) atoms. The number of anilines is 1. The summed E-state index contributed by atoms with van der Waals surface area (Å²) in [5.74, 6) is 1.23. The fourth-order valence-corrected chi connectivity index (χ4v) is 2.92. The Hall–Kier alpha value is -1.39. The Morgan fingerprint density at radius 3 is 2.70 bits per heavy atom. The molecule has 4 nitrogen and oxygen atoms in total. The summed E-state index contributed by atoms with van der Waals surface area (Å²) in [6, 6.07) is 5.47. The van der Waals surface area contributed by atoms with Gasteiger partial charge >= 0.3 is 0 Å². The maximum absolute atomic E-state index is 6.22. The lowest BCUT2D eigenvalue weighted by molar-refractivity contribution is 0.301. The van der Waals surface area contributed by atoms with E-state index < -0.39 is 0 Å². The van der Waals surface area contributed by atoms with Crippen molar-refractivity contribution in [1.82, 2.24) is 9.78 Å². The zero-order chi connectivity index (χ0) is 14.1. The summed E-state index contributed by atoms with van der Waals surface area (Å²) >= 11 is 12.4. The molecule has 0 spiro atoms. The van der Waals surface area contributed by atoms with Gasteiger partial charge in [-0.1, -0.05) is 29.3 Å². The van der Waals surface area contributed by atoms with Gasteiger partial charge in [0, 0.05) is 23.0 Å². The van der Waals surface area contributed by atoms with Crippen LogP contribution in [0.15, 0.2) is 18.2 Å². The Kier molecular flexibility index (Phi) is 3.76. The Morgan fingerprint density at radius 1 is 1.20 bits per heavy atom. The monoisotopic (exact) mass is 311 g/mol. The van der Waals surface area contributed by atoms with Crippen molar-refractivity contribution in [2.75, 3.05) is 12.3 Å². The molecule has 2 aromatic rings. The van der Waals surface area contributed by atoms with Gasteiger partial charge in [0.05, 0.1) is 12.2 Å². The molecule has 0 fully saturated rings. The van der Waals surface area contributed by atoms with Crippen LogP contribution in [0.5, 0.6) is 5.88 Å². The van der Waals surface area contributed by atoms with Crippen molar-refractivity contribution in [3.05, 3.63) is 39.4 Å². The molecular formula is C14H15Cl2N3O. The number of aromatic nitrogens is 2. The van der Waals surface area contributed by atoms with E-state index in [1.165, 1.54) is 0 Å². The predicted molar refractivity (Wildman–Crippen MR) is 80.6 cm³/mol. The lowest BCUT2D eigenvalue weighted by Crippen LogP contribution is -2.02. The van der Waals surface area contributed by atoms with E-state index in [-0.39, 0.29) is 0 Å². The molecule has 6 heteroatoms. The van der Waals surface area contributed by atoms with Crippen molar-refractivity contribution in [2.24, 2.45) is 0 Å². The number of nitrogen functional groups attached to an aromatic ring is 1. The van der Waals surface area contributed by atoms with Gasteiger partial charge in [-0.15, -0.1) is 0 Å². The first-order valence-electron chi connectivity index (χ1n) is 6.57. The highest BCUT2D eigenvalue weighted by Crippen LogP contribution is 2.33. The summed E-state index contributed by atoms with van der Waals surface area (Å²) in [4.78, 5) is 0. The highest BCUT2D eigenvalue weighted by molar-refractivity contribution is 6.36. The third-order valence-corrected chi connectivity index (χ3v) is 4.16. The predicted octanol–water partition coefficient (Wildman–Crippen LogP) is 3.54. The van der Waals surface area contributed by atoms with Crippen LogP contribution in [-0.2, 0) is 13.0 Å². The van der Waals surface area contributed by atoms with Crippen molar-refractivity contribution in [3.63, 3.8) is 0 Å². The van der Waals surface area contributed by atoms with Crippen molar-refractivity contribution in [3.8, 4) is 5.88 Å². The lowest BCUT2D eigenvalue weighted by atomic mass is 10.1. The van der Waals surface area contributed by atoms with Crippen LogP contribution in [0.2, 0.25) is 10.0 Å². The molecule has 1 aliphatic rings. The fourth-order valence-electron chi connectivity index (χ4n) is 2.39. The number of hydrogen-bond donors (Lipinski definition) is 1. The van der Waals surface area contributed by atoms with E-state index in [9.17, 15) is 0 Å². The fraction of sp³-hybridized carbons (Fsp3) is 0.357. The number of nitrogens with zero attached hydrogens (tertiary/aromatic N) is 2. The van der Waals surface area contributed by atoms with Crippen LogP contribution in [0, 0.1) is 0 Å². The average Bonchev–Trinajstić information content (AvgIpc) is 2.59. The minimum absolute atomic E-state index is 0.484. The Balaban J connectivity index is 2.01. The second-order valence-electron chi connectivity index (χ2n) is 4.82. The SMILES string of the molecule is Nc1nn2c(c1Cc1c(Cl)cccc1Cl)OCCCC2. The van der Waals surface area contributed by atoms with Gasteiger partial charge in [0.1, 0.15) is 0 Å². The standard InChI is InChI=1S/C14H15Cl2N3O/c15-11-4-3-5-12(16)9(11)8-10-13(17)18-19-6-1-2-7-20-14(10)19/h3-5H,1-2,6-8H2,(H2,17,18). The Bertz CT molecular complexity index is 619. The van der Waals surface area contributed by atoms with Gasteiger partial charge in [0.2, 0.25) is 5.88 Å². The number of nitrogens with two attached hydrogens (primary N) is 1. The zero-order valence-electron chi connectivity index (χ0n) is 10.9. The number of aryl methyl sites for hydroxylation is 1. The van der Waals surface area contributed by atoms with Crippen molar-refractivity contribution >= 4 is 29.0 Å². The van der Waals surface area contributed by atoms with Crippen molar-refractivity contribution in [2.45, 2.75) is 25.8 Å². The largest absolute Gasteiger partial charge is 0.478 e. The lowest BCUT2D eigenvalue weighted by Gasteiger charge is -2.09. The number of halogens is 2. The third kappa shape index (κ3) is 2.45. The van der Waals surface area contributed by atoms with Crippen LogP contribution in [0.25, 0.3) is 0 Å². The number of benzene rings is 1. The topological polar surface area (TPSA) is 53.1 Å². The molecule has 1 aliphatic heterocycles. The molecule has 3 rings (SSSR count). The van der Waals surface area contributed by atoms with Gasteiger partial charge in [-0.25, -0.2) is 4.68 Å². The molecule has 0 bridgehead atoms. The average molecular weight is 312 g/mol. The minimum atomic E-state index is 0.484. The Morgan fingerprint density at radius 2 is 1.95 bits per heavy atom. The van der Waals surface area contributed by atoms with E-state index in [0.29, 0.717) is 28.9 Å². The molecule has 1 aromatic heterocycles. The maximum atomic E-state index is 6.22. The first-order valence-corrected chi connectivity index (χ1v) is 7.33. The summed E-state index contributed by atoms with van der Waals surface area (Å²) in [6.07, 6.45) is 2.59. The smallest absolute Gasteiger partial charge is 0.217 e. The molecule has 0 amide bonds. The highest BCUT2D eigenvalue weighted by atomic mass is 35.5. The molecule has 0 saturated carbocycles. The summed E-state index contributed by atoms with van der Waals surface area (Å²) in [5, 5.41) is 5.61. The second kappa shape index (κ2) is 5.54. The summed E-state index contributed by atoms with van der Waals surface area (Å²) in [6.45, 7) is 1.52. The van der Waals surface area contributed by atoms with E-state index in [0.717, 1.165) is 36.4 Å². The van der Waals surface area contributed by atoms with E-state index in [1.54, 1.807) is 0 Å². The molecule has 1 aromatic carbocycles. The molecule has 0 saturated heterocycles. The van der Waals surface area contributed by atoms with Gasteiger partial charge in [-0.3, -0.25) is 0 Å². The number of ether oxygens (including phenoxy) is 1. The van der Waals surface area contributed by atoms with Gasteiger partial charge in [-0.05, 0) is 30.5 Å². The molecule has 0 atom stereocenters. The first kappa shape index (κ1) is 13.6. The number of rotatable bonds is 2. The molecule has 106 valence electrons. The van der Waals surface area contributed by atoms with Crippen LogP contribution in [0.4, 0.5) is 5.82 Å². The summed E-state index contributed by atoms with van der Waals surface area (Å²) in [7, 11) is 0. The van der Waals surface area contributed by atoms with Crippen LogP contribution in [0.3, 0.4) is 0 Å². The molecule has 0 unspecified atom stereocenters. The summed E-state index contributed by atoms with van der Waals surface area (Å²) < 4.78 is 7.62. The van der Waals surface area contributed by atoms with Crippen LogP contribution < -0.4 is 10.5 Å². The Labute approximate surface area is 127 Å². The molecule has 0 radical (unpaired) electrons. The molecule has 2 N–H and O–H groups in total. The first-order chi connectivity index (χ1) is 9.66. The third-order valence-electron chi connectivity index (χ3n) is 3.45. The number of hydrogen-bond acceptors (Lipinski definition) is 3. The number of fused-ring (bicyclic) bond motifs is 1. The van der Waals surface area contributed by atoms with Gasteiger partial charge in [0.25, 0.3) is 0 Å². The maximum Gasteiger partial charge on any atom is 0.217 e. The van der Waals surface area contributed by atoms with E-state index in [4.69, 9.17) is 33.7 Å². The van der Waals surface area contributed by atoms with Crippen LogP contribution >= 0.6 is 23.2 Å². The van der Waals surface area contributed by atoms with E-state index >= 15 is 0 Å². The van der Waals surface area contributed by atoms with Crippen molar-refractivity contribution in [1.29, 1.82) is 0 Å². The highest BCUT2D eigenvalue weighted by Gasteiger charge is 2.21. The van der Waals surface area contributed by atoms with E-state index in [2.05, 4.69) is 5.10 Å². The van der Waals surface area contributed by atoms with Gasteiger partial charge in [0.15, 0.2) is 5.82 Å². The molecular weight excluding hydrogens is 297 g/mol. The second-order valence-corrected chi connectivity index (χ2v) is 5.64. The minimum Gasteiger partial charge on any atom is -0.478 e. The zero-order valence-corrected chi connectivity index (χ0v) is 12.4. The summed E-state index contributed by atoms with van der Waals surface area (Å²) in [5.41, 5.74) is 7.74. The van der Waals surface area contributed by atoms with Crippen LogP contribution in [-0.4, -0.2) is 16.4 Å². The van der Waals surface area contributed by atoms with Crippen molar-refractivity contribution < 1.29 is 4.74 Å². The quantitative estimate of drug-likeness (QED) is 0.923.